The first-order chi connectivity index (χ1) is 17.2. The van der Waals surface area contributed by atoms with E-state index in [0.29, 0.717) is 17.9 Å². The van der Waals surface area contributed by atoms with Crippen molar-refractivity contribution in [3.63, 3.8) is 0 Å². The Bertz CT molecular complexity index is 1320. The molecule has 0 spiro atoms. The fourth-order valence-electron chi connectivity index (χ4n) is 5.36. The van der Waals surface area contributed by atoms with E-state index in [1.165, 1.54) is 19.2 Å². The minimum atomic E-state index is -3.82. The highest BCUT2D eigenvalue weighted by atomic mass is 32.2. The highest BCUT2D eigenvalue weighted by Gasteiger charge is 2.69. The van der Waals surface area contributed by atoms with E-state index in [0.717, 1.165) is 10.5 Å². The molecule has 1 aliphatic carbocycles. The molecule has 0 bridgehead atoms. The third-order valence-electron chi connectivity index (χ3n) is 8.27. The lowest BCUT2D eigenvalue weighted by Crippen LogP contribution is -2.47. The summed E-state index contributed by atoms with van der Waals surface area (Å²) in [6, 6.07) is 11.8. The number of hydrogen-bond donors (Lipinski definition) is 1. The van der Waals surface area contributed by atoms with Crippen LogP contribution in [0.1, 0.15) is 39.7 Å². The van der Waals surface area contributed by atoms with Crippen LogP contribution in [0.2, 0.25) is 0 Å². The van der Waals surface area contributed by atoms with Gasteiger partial charge in [-0.05, 0) is 59.2 Å². The van der Waals surface area contributed by atoms with Gasteiger partial charge in [0.25, 0.3) is 5.91 Å². The second kappa shape index (κ2) is 9.25. The number of carbonyl (C=O) groups is 3. The van der Waals surface area contributed by atoms with Gasteiger partial charge in [-0.15, -0.1) is 0 Å². The first-order valence-electron chi connectivity index (χ1n) is 12.1. The predicted octanol–water partition coefficient (Wildman–Crippen LogP) is 2.73. The number of amides is 3. The molecular weight excluding hydrogens is 494 g/mol. The van der Waals surface area contributed by atoms with E-state index in [-0.39, 0.29) is 46.4 Å². The molecule has 1 saturated carbocycles. The number of nitrogens with two attached hydrogens (primary N) is 1. The van der Waals surface area contributed by atoms with Crippen LogP contribution in [0, 0.1) is 16.7 Å². The van der Waals surface area contributed by atoms with Crippen LogP contribution in [0.4, 0.5) is 5.69 Å². The molecule has 37 heavy (non-hydrogen) atoms. The van der Waals surface area contributed by atoms with Crippen molar-refractivity contribution < 1.29 is 27.5 Å². The van der Waals surface area contributed by atoms with Gasteiger partial charge in [0.1, 0.15) is 11.8 Å². The van der Waals surface area contributed by atoms with Gasteiger partial charge in [-0.2, -0.15) is 0 Å². The second-order valence-corrected chi connectivity index (χ2v) is 12.4. The molecule has 10 heteroatoms. The Morgan fingerprint density at radius 2 is 1.59 bits per heavy atom. The summed E-state index contributed by atoms with van der Waals surface area (Å²) in [5, 5.41) is 5.19. The van der Waals surface area contributed by atoms with Crippen LogP contribution in [-0.4, -0.2) is 50.7 Å². The predicted molar refractivity (Wildman–Crippen MR) is 138 cm³/mol. The average molecular weight is 528 g/mol. The van der Waals surface area contributed by atoms with Crippen LogP contribution in [0.5, 0.6) is 5.75 Å². The summed E-state index contributed by atoms with van der Waals surface area (Å²) in [7, 11) is -2.29. The number of carbonyl (C=O) groups excluding carboxylic acids is 3. The van der Waals surface area contributed by atoms with Gasteiger partial charge in [0.05, 0.1) is 24.1 Å². The molecule has 1 saturated heterocycles. The quantitative estimate of drug-likeness (QED) is 0.526. The molecule has 2 aliphatic rings. The topological polar surface area (TPSA) is 127 Å². The molecule has 2 fully saturated rings. The average Bonchev–Trinajstić information content (AvgIpc) is 3.07. The third kappa shape index (κ3) is 4.75. The van der Waals surface area contributed by atoms with Crippen molar-refractivity contribution in [2.45, 2.75) is 51.5 Å². The molecule has 2 N–H and O–H groups in total. The van der Waals surface area contributed by atoms with Crippen LogP contribution in [-0.2, 0) is 30.8 Å². The van der Waals surface area contributed by atoms with Gasteiger partial charge >= 0.3 is 0 Å². The smallest absolute Gasteiger partial charge is 0.257 e. The fraction of sp³-hybridized carbons (Fsp3) is 0.444. The summed E-state index contributed by atoms with van der Waals surface area (Å²) in [6.07, 6.45) is 0.277. The Morgan fingerprint density at radius 1 is 1.03 bits per heavy atom. The van der Waals surface area contributed by atoms with Crippen molar-refractivity contribution in [2.75, 3.05) is 18.6 Å². The van der Waals surface area contributed by atoms with Crippen molar-refractivity contribution in [3.8, 4) is 5.75 Å². The van der Waals surface area contributed by atoms with Crippen LogP contribution >= 0.6 is 0 Å². The number of methoxy groups -OCH3 is 1. The zero-order valence-corrected chi connectivity index (χ0v) is 22.5. The van der Waals surface area contributed by atoms with E-state index in [2.05, 4.69) is 0 Å². The van der Waals surface area contributed by atoms with Gasteiger partial charge in [0.2, 0.25) is 21.8 Å². The number of sulfonamides is 1. The van der Waals surface area contributed by atoms with Gasteiger partial charge < -0.3 is 9.64 Å². The molecule has 0 aromatic heterocycles. The Kier molecular flexibility index (Phi) is 6.71. The van der Waals surface area contributed by atoms with Gasteiger partial charge in [0, 0.05) is 12.5 Å². The summed E-state index contributed by atoms with van der Waals surface area (Å²) in [5.74, 6) is -0.654. The number of rotatable bonds is 8. The molecule has 1 unspecified atom stereocenters. The first-order valence-corrected chi connectivity index (χ1v) is 13.7. The minimum absolute atomic E-state index is 0.00244. The number of benzene rings is 2. The summed E-state index contributed by atoms with van der Waals surface area (Å²) < 4.78 is 28.3. The SMILES string of the molecule is COc1ccc(N2C(=O)CC(N(CCc3ccc(S(N)(=O)=O)cc3)C(=O)C3C(C)(C)C3(C)C)C2=O)cc1. The Labute approximate surface area is 217 Å². The lowest BCUT2D eigenvalue weighted by Gasteiger charge is -2.29. The van der Waals surface area contributed by atoms with Gasteiger partial charge in [-0.3, -0.25) is 14.4 Å². The molecule has 4 rings (SSSR count). The fourth-order valence-corrected chi connectivity index (χ4v) is 5.87. The van der Waals surface area contributed by atoms with E-state index in [4.69, 9.17) is 9.88 Å². The number of imide groups is 1. The summed E-state index contributed by atoms with van der Waals surface area (Å²) in [5.41, 5.74) is 0.710. The maximum absolute atomic E-state index is 13.8. The molecule has 0 radical (unpaired) electrons. The zero-order chi connectivity index (χ0) is 27.3. The van der Waals surface area contributed by atoms with E-state index in [1.54, 1.807) is 41.3 Å². The monoisotopic (exact) mass is 527 g/mol. The number of anilines is 1. The Morgan fingerprint density at radius 3 is 2.08 bits per heavy atom. The normalized spacial score (nSPS) is 20.7. The maximum Gasteiger partial charge on any atom is 0.257 e. The lowest BCUT2D eigenvalue weighted by atomic mass is 10.0. The van der Waals surface area contributed by atoms with E-state index >= 15 is 0 Å². The van der Waals surface area contributed by atoms with Crippen LogP contribution in [0.25, 0.3) is 0 Å². The van der Waals surface area contributed by atoms with Gasteiger partial charge in [-0.25, -0.2) is 18.5 Å². The molecule has 198 valence electrons. The van der Waals surface area contributed by atoms with Gasteiger partial charge in [0.15, 0.2) is 0 Å². The summed E-state index contributed by atoms with van der Waals surface area (Å²) in [6.45, 7) is 8.34. The molecule has 2 aromatic rings. The second-order valence-electron chi connectivity index (χ2n) is 10.8. The van der Waals surface area contributed by atoms with E-state index in [9.17, 15) is 22.8 Å². The van der Waals surface area contributed by atoms with Crippen LogP contribution in [0.15, 0.2) is 53.4 Å². The molecule has 1 atom stereocenters. The maximum atomic E-state index is 13.8. The highest BCUT2D eigenvalue weighted by molar-refractivity contribution is 7.89. The zero-order valence-electron chi connectivity index (χ0n) is 21.7. The molecule has 3 amide bonds. The lowest BCUT2D eigenvalue weighted by molar-refractivity contribution is -0.140. The summed E-state index contributed by atoms with van der Waals surface area (Å²) in [4.78, 5) is 43.1. The molecule has 1 aliphatic heterocycles. The largest absolute Gasteiger partial charge is 0.497 e. The van der Waals surface area contributed by atoms with E-state index in [1.807, 2.05) is 27.7 Å². The van der Waals surface area contributed by atoms with Crippen molar-refractivity contribution in [2.24, 2.45) is 21.9 Å². The first kappa shape index (κ1) is 26.8. The standard InChI is InChI=1S/C27H33N3O6S/c1-26(2)23(27(26,3)4)25(33)29(15-14-17-6-12-20(13-7-17)37(28,34)35)21-16-22(31)30(24(21)32)18-8-10-19(36-5)11-9-18/h6-13,21,23H,14-16H2,1-5H3,(H2,28,34,35). The molecule has 1 heterocycles. The number of nitrogens with zero attached hydrogens (tertiary/aromatic N) is 2. The minimum Gasteiger partial charge on any atom is -0.497 e. The van der Waals surface area contributed by atoms with E-state index < -0.39 is 22.0 Å². The Hall–Kier alpha value is -3.24. The van der Waals surface area contributed by atoms with Crippen molar-refractivity contribution in [1.29, 1.82) is 0 Å². The van der Waals surface area contributed by atoms with Crippen LogP contribution in [0.3, 0.4) is 0 Å². The highest BCUT2D eigenvalue weighted by Crippen LogP contribution is 2.69. The van der Waals surface area contributed by atoms with Crippen molar-refractivity contribution in [1.82, 2.24) is 4.90 Å². The Balaban J connectivity index is 1.60. The van der Waals surface area contributed by atoms with Crippen LogP contribution < -0.4 is 14.8 Å². The number of ether oxygens (including phenoxy) is 1. The number of primary sulfonamides is 1. The van der Waals surface area contributed by atoms with Crippen molar-refractivity contribution in [3.05, 3.63) is 54.1 Å². The molecule has 9 nitrogen and oxygen atoms in total. The van der Waals surface area contributed by atoms with Crippen molar-refractivity contribution >= 4 is 33.4 Å². The summed E-state index contributed by atoms with van der Waals surface area (Å²) >= 11 is 0. The third-order valence-corrected chi connectivity index (χ3v) is 9.20. The molecular formula is C27H33N3O6S. The van der Waals surface area contributed by atoms with Gasteiger partial charge in [-0.1, -0.05) is 39.8 Å². The molecule has 2 aromatic carbocycles. The number of hydrogen-bond acceptors (Lipinski definition) is 6.